The van der Waals surface area contributed by atoms with Gasteiger partial charge in [-0.15, -0.1) is 10.2 Å². The highest BCUT2D eigenvalue weighted by Crippen LogP contribution is 2.28. The van der Waals surface area contributed by atoms with Crippen LogP contribution < -0.4 is 5.56 Å². The molecule has 0 aliphatic carbocycles. The molecule has 1 aliphatic heterocycles. The van der Waals surface area contributed by atoms with Gasteiger partial charge in [-0.1, -0.05) is 50.6 Å². The lowest BCUT2D eigenvalue weighted by Gasteiger charge is -2.36. The summed E-state index contributed by atoms with van der Waals surface area (Å²) in [5.41, 5.74) is 0.757. The fraction of sp³-hybridized carbons (Fsp3) is 0.583. The second kappa shape index (κ2) is 10.1. The molecule has 2 aromatic heterocycles. The van der Waals surface area contributed by atoms with Crippen LogP contribution in [-0.4, -0.2) is 47.8 Å². The van der Waals surface area contributed by atoms with Crippen LogP contribution in [0.25, 0.3) is 16.7 Å². The number of piperidine rings is 1. The Kier molecular flexibility index (Phi) is 7.18. The van der Waals surface area contributed by atoms with E-state index in [1.54, 1.807) is 4.57 Å². The van der Waals surface area contributed by atoms with E-state index in [1.807, 2.05) is 35.6 Å². The van der Waals surface area contributed by atoms with E-state index in [0.717, 1.165) is 50.6 Å². The Hall–Kier alpha value is -2.35. The lowest BCUT2D eigenvalue weighted by molar-refractivity contribution is -0.134. The fourth-order valence-corrected chi connectivity index (χ4v) is 5.61. The predicted octanol–water partition coefficient (Wildman–Crippen LogP) is 4.51. The number of amides is 1. The van der Waals surface area contributed by atoms with Crippen molar-refractivity contribution in [3.63, 3.8) is 0 Å². The number of carbonyl (C=O) groups excluding carboxylic acids is 1. The standard InChI is InChI=1S/C24H33N5O2S/c1-4-6-10-16-28-22(31)19-13-7-8-14-20(19)29-23(28)25-26-24(29)32-17(3)21(30)27-15-11-9-12-18(27)5-2/h7-8,13-14,17-18H,4-6,9-12,15-16H2,1-3H3. The Labute approximate surface area is 193 Å². The number of para-hydroxylation sites is 1. The van der Waals surface area contributed by atoms with Crippen molar-refractivity contribution in [2.24, 2.45) is 0 Å². The van der Waals surface area contributed by atoms with Gasteiger partial charge in [0.1, 0.15) is 0 Å². The summed E-state index contributed by atoms with van der Waals surface area (Å²) in [7, 11) is 0. The number of aryl methyl sites for hydroxylation is 1. The average Bonchev–Trinajstić information content (AvgIpc) is 3.24. The number of hydrogen-bond acceptors (Lipinski definition) is 5. The molecule has 0 bridgehead atoms. The van der Waals surface area contributed by atoms with Gasteiger partial charge in [-0.3, -0.25) is 18.6 Å². The van der Waals surface area contributed by atoms with Crippen LogP contribution in [0.5, 0.6) is 0 Å². The fourth-order valence-electron chi connectivity index (χ4n) is 4.69. The summed E-state index contributed by atoms with van der Waals surface area (Å²) in [6.45, 7) is 7.71. The van der Waals surface area contributed by atoms with Crippen LogP contribution in [-0.2, 0) is 11.3 Å². The van der Waals surface area contributed by atoms with Crippen molar-refractivity contribution >= 4 is 34.3 Å². The Morgan fingerprint density at radius 1 is 1.19 bits per heavy atom. The second-order valence-electron chi connectivity index (χ2n) is 8.65. The van der Waals surface area contributed by atoms with Crippen molar-refractivity contribution in [3.05, 3.63) is 34.6 Å². The SMILES string of the molecule is CCCCCn1c(=O)c2ccccc2n2c(SC(C)C(=O)N3CCCCC3CC)nnc12. The van der Waals surface area contributed by atoms with Gasteiger partial charge in [0, 0.05) is 19.1 Å². The summed E-state index contributed by atoms with van der Waals surface area (Å²) in [5.74, 6) is 0.718. The van der Waals surface area contributed by atoms with Gasteiger partial charge in [-0.05, 0) is 51.2 Å². The zero-order valence-corrected chi connectivity index (χ0v) is 20.1. The predicted molar refractivity (Wildman–Crippen MR) is 129 cm³/mol. The number of nitrogens with zero attached hydrogens (tertiary/aromatic N) is 5. The van der Waals surface area contributed by atoms with E-state index in [1.165, 1.54) is 18.2 Å². The van der Waals surface area contributed by atoms with Crippen molar-refractivity contribution in [1.29, 1.82) is 0 Å². The third-order valence-electron chi connectivity index (χ3n) is 6.47. The van der Waals surface area contributed by atoms with Crippen LogP contribution in [0.3, 0.4) is 0 Å². The molecule has 4 rings (SSSR count). The number of hydrogen-bond donors (Lipinski definition) is 0. The molecule has 2 atom stereocenters. The highest BCUT2D eigenvalue weighted by atomic mass is 32.2. The summed E-state index contributed by atoms with van der Waals surface area (Å²) < 4.78 is 3.68. The first-order valence-corrected chi connectivity index (χ1v) is 12.8. The van der Waals surface area contributed by atoms with Crippen molar-refractivity contribution in [3.8, 4) is 0 Å². The number of likely N-dealkylation sites (tertiary alicyclic amines) is 1. The zero-order valence-electron chi connectivity index (χ0n) is 19.3. The van der Waals surface area contributed by atoms with Gasteiger partial charge in [0.05, 0.1) is 16.2 Å². The Balaban J connectivity index is 1.70. The number of rotatable bonds is 8. The van der Waals surface area contributed by atoms with Crippen molar-refractivity contribution in [2.45, 2.75) is 88.7 Å². The quantitative estimate of drug-likeness (QED) is 0.369. The maximum absolute atomic E-state index is 13.3. The maximum Gasteiger partial charge on any atom is 0.262 e. The van der Waals surface area contributed by atoms with Gasteiger partial charge in [-0.25, -0.2) is 0 Å². The number of thioether (sulfide) groups is 1. The molecule has 1 saturated heterocycles. The first kappa shape index (κ1) is 22.8. The number of fused-ring (bicyclic) bond motifs is 3. The van der Waals surface area contributed by atoms with Crippen LogP contribution in [0.4, 0.5) is 0 Å². The molecule has 0 saturated carbocycles. The highest BCUT2D eigenvalue weighted by molar-refractivity contribution is 8.00. The van der Waals surface area contributed by atoms with Crippen molar-refractivity contribution in [1.82, 2.24) is 24.1 Å². The van der Waals surface area contributed by atoms with E-state index >= 15 is 0 Å². The molecule has 0 spiro atoms. The minimum absolute atomic E-state index is 0.0311. The Morgan fingerprint density at radius 2 is 2.00 bits per heavy atom. The molecule has 7 nitrogen and oxygen atoms in total. The van der Waals surface area contributed by atoms with Crippen LogP contribution >= 0.6 is 11.8 Å². The number of carbonyl (C=O) groups is 1. The lowest BCUT2D eigenvalue weighted by Crippen LogP contribution is -2.46. The third kappa shape index (κ3) is 4.29. The molecule has 3 aromatic rings. The molecule has 1 fully saturated rings. The Bertz CT molecular complexity index is 1150. The summed E-state index contributed by atoms with van der Waals surface area (Å²) in [4.78, 5) is 28.5. The summed E-state index contributed by atoms with van der Waals surface area (Å²) in [6.07, 6.45) is 7.40. The largest absolute Gasteiger partial charge is 0.339 e. The van der Waals surface area contributed by atoms with E-state index in [-0.39, 0.29) is 16.7 Å². The Morgan fingerprint density at radius 3 is 2.78 bits per heavy atom. The molecule has 1 amide bonds. The molecule has 0 radical (unpaired) electrons. The van der Waals surface area contributed by atoms with E-state index < -0.39 is 0 Å². The topological polar surface area (TPSA) is 72.5 Å². The number of unbranched alkanes of at least 4 members (excludes halogenated alkanes) is 2. The zero-order chi connectivity index (χ0) is 22.7. The molecule has 2 unspecified atom stereocenters. The molecule has 172 valence electrons. The van der Waals surface area contributed by atoms with E-state index in [4.69, 9.17) is 0 Å². The molecule has 0 N–H and O–H groups in total. The van der Waals surface area contributed by atoms with E-state index in [0.29, 0.717) is 28.9 Å². The van der Waals surface area contributed by atoms with Gasteiger partial charge in [0.15, 0.2) is 5.16 Å². The summed E-state index contributed by atoms with van der Waals surface area (Å²) in [5, 5.41) is 9.86. The lowest BCUT2D eigenvalue weighted by atomic mass is 10.00. The van der Waals surface area contributed by atoms with E-state index in [2.05, 4.69) is 28.9 Å². The number of aromatic nitrogens is 4. The minimum Gasteiger partial charge on any atom is -0.339 e. The molecule has 1 aliphatic rings. The number of benzene rings is 1. The van der Waals surface area contributed by atoms with Crippen molar-refractivity contribution < 1.29 is 4.79 Å². The van der Waals surface area contributed by atoms with Crippen molar-refractivity contribution in [2.75, 3.05) is 6.54 Å². The average molecular weight is 456 g/mol. The van der Waals surface area contributed by atoms with Crippen LogP contribution in [0.1, 0.15) is 65.7 Å². The van der Waals surface area contributed by atoms with Gasteiger partial charge in [0.2, 0.25) is 11.7 Å². The molecular formula is C24H33N5O2S. The van der Waals surface area contributed by atoms with E-state index in [9.17, 15) is 9.59 Å². The summed E-state index contributed by atoms with van der Waals surface area (Å²) in [6, 6.07) is 7.93. The summed E-state index contributed by atoms with van der Waals surface area (Å²) >= 11 is 1.43. The molecule has 3 heterocycles. The van der Waals surface area contributed by atoms with Crippen LogP contribution in [0, 0.1) is 0 Å². The minimum atomic E-state index is -0.270. The highest BCUT2D eigenvalue weighted by Gasteiger charge is 2.30. The van der Waals surface area contributed by atoms with Gasteiger partial charge < -0.3 is 4.90 Å². The monoisotopic (exact) mass is 455 g/mol. The second-order valence-corrected chi connectivity index (χ2v) is 9.96. The smallest absolute Gasteiger partial charge is 0.262 e. The molecule has 32 heavy (non-hydrogen) atoms. The molecular weight excluding hydrogens is 422 g/mol. The van der Waals surface area contributed by atoms with Crippen LogP contribution in [0.2, 0.25) is 0 Å². The molecule has 8 heteroatoms. The van der Waals surface area contributed by atoms with Gasteiger partial charge in [-0.2, -0.15) is 0 Å². The van der Waals surface area contributed by atoms with Crippen LogP contribution in [0.15, 0.2) is 34.2 Å². The third-order valence-corrected chi connectivity index (χ3v) is 7.51. The van der Waals surface area contributed by atoms with Gasteiger partial charge >= 0.3 is 0 Å². The molecule has 1 aromatic carbocycles. The maximum atomic E-state index is 13.3. The first-order chi connectivity index (χ1) is 15.6. The normalized spacial score (nSPS) is 17.8. The first-order valence-electron chi connectivity index (χ1n) is 11.9. The van der Waals surface area contributed by atoms with Gasteiger partial charge in [0.25, 0.3) is 5.56 Å².